The molecule has 0 saturated heterocycles. The van der Waals surface area contributed by atoms with Crippen molar-refractivity contribution in [3.05, 3.63) is 115 Å². The highest BCUT2D eigenvalue weighted by Gasteiger charge is 2.16. The molecule has 0 radical (unpaired) electrons. The van der Waals surface area contributed by atoms with Crippen LogP contribution in [0.4, 0.5) is 21.5 Å². The van der Waals surface area contributed by atoms with Crippen LogP contribution in [0.1, 0.15) is 10.4 Å². The van der Waals surface area contributed by atoms with Gasteiger partial charge in [0.1, 0.15) is 5.82 Å². The Morgan fingerprint density at radius 2 is 1.00 bits per heavy atom. The predicted molar refractivity (Wildman–Crippen MR) is 135 cm³/mol. The third-order valence-corrected chi connectivity index (χ3v) is 7.77. The quantitative estimate of drug-likeness (QED) is 0.308. The molecule has 4 aromatic rings. The first kappa shape index (κ1) is 24.9. The molecule has 0 aromatic heterocycles. The molecule has 0 aliphatic heterocycles. The van der Waals surface area contributed by atoms with Crippen LogP contribution < -0.4 is 14.8 Å². The van der Waals surface area contributed by atoms with Crippen molar-refractivity contribution in [3.8, 4) is 0 Å². The van der Waals surface area contributed by atoms with Crippen LogP contribution in [0.5, 0.6) is 0 Å². The summed E-state index contributed by atoms with van der Waals surface area (Å²) in [5, 5.41) is 2.65. The van der Waals surface area contributed by atoms with E-state index >= 15 is 0 Å². The highest BCUT2D eigenvalue weighted by atomic mass is 32.2. The summed E-state index contributed by atoms with van der Waals surface area (Å²) in [7, 11) is -7.66. The number of rotatable bonds is 8. The molecular weight excluding hydrogens is 505 g/mol. The van der Waals surface area contributed by atoms with Gasteiger partial charge in [0.25, 0.3) is 26.0 Å². The maximum absolute atomic E-state index is 13.0. The van der Waals surface area contributed by atoms with Gasteiger partial charge in [-0.25, -0.2) is 21.2 Å². The number of anilines is 3. The average Bonchev–Trinajstić information content (AvgIpc) is 2.86. The van der Waals surface area contributed by atoms with Crippen LogP contribution >= 0.6 is 0 Å². The molecule has 3 N–H and O–H groups in total. The first-order valence-electron chi connectivity index (χ1n) is 10.5. The monoisotopic (exact) mass is 525 g/mol. The van der Waals surface area contributed by atoms with Crippen LogP contribution in [0.2, 0.25) is 0 Å². The Kier molecular flexibility index (Phi) is 7.04. The number of amides is 1. The molecule has 0 atom stereocenters. The first-order chi connectivity index (χ1) is 17.1. The van der Waals surface area contributed by atoms with E-state index in [4.69, 9.17) is 0 Å². The van der Waals surface area contributed by atoms with Gasteiger partial charge in [-0.1, -0.05) is 18.2 Å². The van der Waals surface area contributed by atoms with Gasteiger partial charge < -0.3 is 5.32 Å². The minimum absolute atomic E-state index is 0.0418. The highest BCUT2D eigenvalue weighted by molar-refractivity contribution is 7.93. The van der Waals surface area contributed by atoms with Crippen molar-refractivity contribution in [2.24, 2.45) is 0 Å². The molecule has 0 aliphatic carbocycles. The topological polar surface area (TPSA) is 121 Å². The number of hydrogen-bond acceptors (Lipinski definition) is 5. The lowest BCUT2D eigenvalue weighted by molar-refractivity contribution is 0.102. The van der Waals surface area contributed by atoms with E-state index in [1.54, 1.807) is 18.2 Å². The lowest BCUT2D eigenvalue weighted by Crippen LogP contribution is -2.15. The fourth-order valence-electron chi connectivity index (χ4n) is 3.16. The number of sulfonamides is 2. The van der Waals surface area contributed by atoms with Crippen molar-refractivity contribution in [1.29, 1.82) is 0 Å². The fourth-order valence-corrected chi connectivity index (χ4v) is 5.29. The molecule has 36 heavy (non-hydrogen) atoms. The summed E-state index contributed by atoms with van der Waals surface area (Å²) in [6.07, 6.45) is 0. The molecule has 0 bridgehead atoms. The maximum atomic E-state index is 13.0. The zero-order valence-corrected chi connectivity index (χ0v) is 20.2. The van der Waals surface area contributed by atoms with Gasteiger partial charge in [0, 0.05) is 22.6 Å². The lowest BCUT2D eigenvalue weighted by atomic mass is 10.2. The largest absolute Gasteiger partial charge is 0.322 e. The predicted octanol–water partition coefficient (Wildman–Crippen LogP) is 4.68. The van der Waals surface area contributed by atoms with Gasteiger partial charge >= 0.3 is 0 Å². The molecule has 184 valence electrons. The smallest absolute Gasteiger partial charge is 0.261 e. The Morgan fingerprint density at radius 1 is 0.556 bits per heavy atom. The molecule has 4 rings (SSSR count). The molecule has 0 unspecified atom stereocenters. The Hall–Kier alpha value is -4.22. The van der Waals surface area contributed by atoms with Crippen molar-refractivity contribution < 1.29 is 26.0 Å². The minimum Gasteiger partial charge on any atom is -0.322 e. The van der Waals surface area contributed by atoms with E-state index in [2.05, 4.69) is 14.8 Å². The summed E-state index contributed by atoms with van der Waals surface area (Å²) < 4.78 is 67.7. The summed E-state index contributed by atoms with van der Waals surface area (Å²) in [5.74, 6) is -0.950. The van der Waals surface area contributed by atoms with Crippen molar-refractivity contribution in [2.75, 3.05) is 14.8 Å². The van der Waals surface area contributed by atoms with Gasteiger partial charge in [0.15, 0.2) is 0 Å². The molecule has 0 saturated carbocycles. The molecule has 4 aromatic carbocycles. The normalized spacial score (nSPS) is 11.5. The van der Waals surface area contributed by atoms with Gasteiger partial charge in [-0.3, -0.25) is 14.2 Å². The number of nitrogens with one attached hydrogen (secondary N) is 3. The average molecular weight is 526 g/mol. The summed E-state index contributed by atoms with van der Waals surface area (Å²) in [6, 6.07) is 24.1. The Balaban J connectivity index is 1.39. The second-order valence-corrected chi connectivity index (χ2v) is 11.0. The van der Waals surface area contributed by atoms with E-state index in [0.29, 0.717) is 11.4 Å². The SMILES string of the molecule is O=C(Nc1ccc(S(=O)(=O)Nc2ccc(F)cc2)cc1)c1ccc(NS(=O)(=O)c2ccccc2)cc1. The number of hydrogen-bond donors (Lipinski definition) is 3. The minimum atomic E-state index is -3.90. The molecule has 1 amide bonds. The summed E-state index contributed by atoms with van der Waals surface area (Å²) in [5.41, 5.74) is 1.13. The van der Waals surface area contributed by atoms with Crippen molar-refractivity contribution >= 4 is 43.0 Å². The Bertz CT molecular complexity index is 1570. The Labute approximate surface area is 207 Å². The van der Waals surface area contributed by atoms with Crippen LogP contribution in [-0.4, -0.2) is 22.7 Å². The molecule has 0 fully saturated rings. The van der Waals surface area contributed by atoms with Crippen LogP contribution in [0, 0.1) is 5.82 Å². The van der Waals surface area contributed by atoms with Gasteiger partial charge in [0.2, 0.25) is 0 Å². The first-order valence-corrected chi connectivity index (χ1v) is 13.5. The van der Waals surface area contributed by atoms with Gasteiger partial charge in [0.05, 0.1) is 9.79 Å². The van der Waals surface area contributed by atoms with Crippen molar-refractivity contribution in [1.82, 2.24) is 0 Å². The number of carbonyl (C=O) groups excluding carboxylic acids is 1. The van der Waals surface area contributed by atoms with E-state index in [1.807, 2.05) is 0 Å². The second-order valence-electron chi connectivity index (χ2n) is 7.59. The maximum Gasteiger partial charge on any atom is 0.261 e. The summed E-state index contributed by atoms with van der Waals surface area (Å²) in [4.78, 5) is 12.6. The summed E-state index contributed by atoms with van der Waals surface area (Å²) >= 11 is 0. The van der Waals surface area contributed by atoms with E-state index in [-0.39, 0.29) is 21.0 Å². The molecule has 8 nitrogen and oxygen atoms in total. The van der Waals surface area contributed by atoms with Crippen LogP contribution in [0.15, 0.2) is 113 Å². The molecule has 0 heterocycles. The molecule has 11 heteroatoms. The molecule has 0 aliphatic rings. The zero-order valence-electron chi connectivity index (χ0n) is 18.6. The third kappa shape index (κ3) is 6.06. The van der Waals surface area contributed by atoms with Crippen molar-refractivity contribution in [3.63, 3.8) is 0 Å². The van der Waals surface area contributed by atoms with Crippen LogP contribution in [-0.2, 0) is 20.0 Å². The fraction of sp³-hybridized carbons (Fsp3) is 0. The van der Waals surface area contributed by atoms with Gasteiger partial charge in [-0.05, 0) is 84.9 Å². The number of benzene rings is 4. The summed E-state index contributed by atoms with van der Waals surface area (Å²) in [6.45, 7) is 0. The van der Waals surface area contributed by atoms with Crippen molar-refractivity contribution in [2.45, 2.75) is 9.79 Å². The van der Waals surface area contributed by atoms with E-state index in [0.717, 1.165) is 12.1 Å². The lowest BCUT2D eigenvalue weighted by Gasteiger charge is -2.10. The second kappa shape index (κ2) is 10.2. The zero-order chi connectivity index (χ0) is 25.8. The van der Waals surface area contributed by atoms with Gasteiger partial charge in [-0.15, -0.1) is 0 Å². The standard InChI is InChI=1S/C25H20FN3O5S2/c26-19-8-12-22(13-9-19)29-36(33,34)24-16-14-20(15-17-24)27-25(30)18-6-10-21(11-7-18)28-35(31,32)23-4-2-1-3-5-23/h1-17,28-29H,(H,27,30). The van der Waals surface area contributed by atoms with E-state index in [1.165, 1.54) is 72.8 Å². The highest BCUT2D eigenvalue weighted by Crippen LogP contribution is 2.20. The molecule has 0 spiro atoms. The van der Waals surface area contributed by atoms with Crippen LogP contribution in [0.25, 0.3) is 0 Å². The van der Waals surface area contributed by atoms with E-state index in [9.17, 15) is 26.0 Å². The Morgan fingerprint density at radius 3 is 1.53 bits per heavy atom. The van der Waals surface area contributed by atoms with Gasteiger partial charge in [-0.2, -0.15) is 0 Å². The number of carbonyl (C=O) groups is 1. The third-order valence-electron chi connectivity index (χ3n) is 4.97. The molecular formula is C25H20FN3O5S2. The number of halogens is 1. The van der Waals surface area contributed by atoms with E-state index < -0.39 is 31.8 Å². The van der Waals surface area contributed by atoms with Crippen LogP contribution in [0.3, 0.4) is 0 Å².